The van der Waals surface area contributed by atoms with Crippen LogP contribution in [0.2, 0.25) is 0 Å². The molecule has 2 amide bonds. The quantitative estimate of drug-likeness (QED) is 0.732. The molecule has 0 fully saturated rings. The van der Waals surface area contributed by atoms with E-state index in [-0.39, 0.29) is 11.8 Å². The van der Waals surface area contributed by atoms with Gasteiger partial charge in [-0.2, -0.15) is 0 Å². The molecule has 3 atom stereocenters. The SMILES string of the molecule is CC(C)C[C@H](N[C@@H]1C(=O)Nc2ccccc2O[C@@H]1c1ccccc1)C(N)=O. The summed E-state index contributed by atoms with van der Waals surface area (Å²) >= 11 is 0. The van der Waals surface area contributed by atoms with Crippen LogP contribution in [0.25, 0.3) is 0 Å². The number of anilines is 1. The summed E-state index contributed by atoms with van der Waals surface area (Å²) in [6, 6.07) is 15.4. The molecule has 0 saturated carbocycles. The molecule has 0 radical (unpaired) electrons. The van der Waals surface area contributed by atoms with Gasteiger partial charge >= 0.3 is 0 Å². The maximum absolute atomic E-state index is 13.0. The Morgan fingerprint density at radius 1 is 1.15 bits per heavy atom. The van der Waals surface area contributed by atoms with E-state index in [1.807, 2.05) is 62.4 Å². The summed E-state index contributed by atoms with van der Waals surface area (Å²) in [6.45, 7) is 4.01. The van der Waals surface area contributed by atoms with Gasteiger partial charge in [0.1, 0.15) is 17.9 Å². The standard InChI is InChI=1S/C21H25N3O3/c1-13(2)12-16(20(22)25)23-18-19(14-8-4-3-5-9-14)27-17-11-7-6-10-15(17)24-21(18)26/h3-11,13,16,18-19,23H,12H2,1-2H3,(H2,22,25)(H,24,26)/t16-,18-,19+/m0/s1. The topological polar surface area (TPSA) is 93.4 Å². The molecule has 1 heterocycles. The molecular formula is C21H25N3O3. The third kappa shape index (κ3) is 4.46. The third-order valence-electron chi connectivity index (χ3n) is 4.54. The third-order valence-corrected chi connectivity index (χ3v) is 4.54. The van der Waals surface area contributed by atoms with E-state index in [9.17, 15) is 9.59 Å². The van der Waals surface area contributed by atoms with Crippen molar-refractivity contribution in [3.8, 4) is 5.75 Å². The van der Waals surface area contributed by atoms with Crippen LogP contribution in [0, 0.1) is 5.92 Å². The lowest BCUT2D eigenvalue weighted by Gasteiger charge is -2.29. The van der Waals surface area contributed by atoms with Crippen molar-refractivity contribution in [3.63, 3.8) is 0 Å². The number of ether oxygens (including phenoxy) is 1. The van der Waals surface area contributed by atoms with Gasteiger partial charge in [-0.3, -0.25) is 14.9 Å². The lowest BCUT2D eigenvalue weighted by Crippen LogP contribution is -2.54. The number of fused-ring (bicyclic) bond motifs is 1. The number of hydrogen-bond acceptors (Lipinski definition) is 4. The minimum absolute atomic E-state index is 0.247. The predicted molar refractivity (Wildman–Crippen MR) is 104 cm³/mol. The van der Waals surface area contributed by atoms with Crippen molar-refractivity contribution >= 4 is 17.5 Å². The molecule has 0 bridgehead atoms. The number of hydrogen-bond donors (Lipinski definition) is 3. The Morgan fingerprint density at radius 2 is 1.81 bits per heavy atom. The van der Waals surface area contributed by atoms with Crippen LogP contribution in [0.3, 0.4) is 0 Å². The Hall–Kier alpha value is -2.86. The predicted octanol–water partition coefficient (Wildman–Crippen LogP) is 2.62. The van der Waals surface area contributed by atoms with Crippen molar-refractivity contribution in [2.45, 2.75) is 38.5 Å². The zero-order valence-corrected chi connectivity index (χ0v) is 15.5. The van der Waals surface area contributed by atoms with Crippen molar-refractivity contribution in [2.75, 3.05) is 5.32 Å². The highest BCUT2D eigenvalue weighted by Crippen LogP contribution is 2.34. The van der Waals surface area contributed by atoms with Gasteiger partial charge in [-0.05, 0) is 30.0 Å². The highest BCUT2D eigenvalue weighted by Gasteiger charge is 2.37. The van der Waals surface area contributed by atoms with Crippen LogP contribution in [0.1, 0.15) is 31.9 Å². The number of para-hydroxylation sites is 2. The first-order chi connectivity index (χ1) is 13.0. The fraction of sp³-hybridized carbons (Fsp3) is 0.333. The maximum atomic E-state index is 13.0. The fourth-order valence-electron chi connectivity index (χ4n) is 3.25. The van der Waals surface area contributed by atoms with Gasteiger partial charge in [0, 0.05) is 0 Å². The fourth-order valence-corrected chi connectivity index (χ4v) is 3.25. The van der Waals surface area contributed by atoms with Crippen LogP contribution in [-0.2, 0) is 9.59 Å². The number of benzene rings is 2. The summed E-state index contributed by atoms with van der Waals surface area (Å²) in [4.78, 5) is 24.9. The molecule has 1 aliphatic rings. The molecule has 2 aromatic rings. The summed E-state index contributed by atoms with van der Waals surface area (Å²) in [5.41, 5.74) is 7.03. The second-order valence-electron chi connectivity index (χ2n) is 7.16. The average molecular weight is 367 g/mol. The molecule has 142 valence electrons. The monoisotopic (exact) mass is 367 g/mol. The highest BCUT2D eigenvalue weighted by atomic mass is 16.5. The van der Waals surface area contributed by atoms with Crippen molar-refractivity contribution in [1.82, 2.24) is 5.32 Å². The van der Waals surface area contributed by atoms with Gasteiger partial charge in [-0.15, -0.1) is 0 Å². The zero-order valence-electron chi connectivity index (χ0n) is 15.5. The maximum Gasteiger partial charge on any atom is 0.245 e. The number of amides is 2. The Morgan fingerprint density at radius 3 is 2.48 bits per heavy atom. The molecule has 1 aliphatic heterocycles. The molecule has 6 heteroatoms. The Labute approximate surface area is 159 Å². The number of nitrogens with two attached hydrogens (primary N) is 1. The van der Waals surface area contributed by atoms with Crippen LogP contribution < -0.4 is 21.1 Å². The van der Waals surface area contributed by atoms with E-state index in [0.29, 0.717) is 17.9 Å². The molecule has 0 saturated heterocycles. The average Bonchev–Trinajstić information content (AvgIpc) is 2.78. The molecule has 27 heavy (non-hydrogen) atoms. The first-order valence-electron chi connectivity index (χ1n) is 9.12. The van der Waals surface area contributed by atoms with E-state index in [4.69, 9.17) is 10.5 Å². The van der Waals surface area contributed by atoms with E-state index in [1.54, 1.807) is 6.07 Å². The summed E-state index contributed by atoms with van der Waals surface area (Å²) < 4.78 is 6.21. The van der Waals surface area contributed by atoms with Crippen molar-refractivity contribution in [3.05, 3.63) is 60.2 Å². The molecule has 0 aromatic heterocycles. The second kappa shape index (κ2) is 8.22. The van der Waals surface area contributed by atoms with Gasteiger partial charge in [0.15, 0.2) is 0 Å². The zero-order chi connectivity index (χ0) is 19.4. The summed E-state index contributed by atoms with van der Waals surface area (Å²) in [6.07, 6.45) is -0.0584. The summed E-state index contributed by atoms with van der Waals surface area (Å²) in [5, 5.41) is 6.04. The van der Waals surface area contributed by atoms with Gasteiger partial charge < -0.3 is 15.8 Å². The van der Waals surface area contributed by atoms with E-state index >= 15 is 0 Å². The Kier molecular flexibility index (Phi) is 5.76. The van der Waals surface area contributed by atoms with Crippen molar-refractivity contribution in [1.29, 1.82) is 0 Å². The number of carbonyl (C=O) groups excluding carboxylic acids is 2. The lowest BCUT2D eigenvalue weighted by atomic mass is 9.97. The molecule has 0 spiro atoms. The largest absolute Gasteiger partial charge is 0.481 e. The van der Waals surface area contributed by atoms with Crippen molar-refractivity contribution < 1.29 is 14.3 Å². The molecule has 2 aromatic carbocycles. The van der Waals surface area contributed by atoms with E-state index in [1.165, 1.54) is 0 Å². The molecular weight excluding hydrogens is 342 g/mol. The minimum Gasteiger partial charge on any atom is -0.481 e. The number of primary amides is 1. The van der Waals surface area contributed by atoms with Crippen LogP contribution >= 0.6 is 0 Å². The van der Waals surface area contributed by atoms with E-state index < -0.39 is 24.1 Å². The van der Waals surface area contributed by atoms with Crippen molar-refractivity contribution in [2.24, 2.45) is 11.7 Å². The first-order valence-corrected chi connectivity index (χ1v) is 9.12. The highest BCUT2D eigenvalue weighted by molar-refractivity contribution is 5.98. The Balaban J connectivity index is 1.98. The van der Waals surface area contributed by atoms with Gasteiger partial charge in [0.05, 0.1) is 11.7 Å². The molecule has 3 rings (SSSR count). The normalized spacial score (nSPS) is 20.2. The molecule has 0 aliphatic carbocycles. The smallest absolute Gasteiger partial charge is 0.245 e. The van der Waals surface area contributed by atoms with Gasteiger partial charge in [0.25, 0.3) is 0 Å². The number of nitrogens with one attached hydrogen (secondary N) is 2. The Bertz CT molecular complexity index is 807. The molecule has 6 nitrogen and oxygen atoms in total. The van der Waals surface area contributed by atoms with Crippen LogP contribution in [-0.4, -0.2) is 23.9 Å². The van der Waals surface area contributed by atoms with Crippen LogP contribution in [0.4, 0.5) is 5.69 Å². The lowest BCUT2D eigenvalue weighted by molar-refractivity contribution is -0.123. The van der Waals surface area contributed by atoms with E-state index in [0.717, 1.165) is 5.56 Å². The summed E-state index contributed by atoms with van der Waals surface area (Å²) in [7, 11) is 0. The number of rotatable bonds is 6. The second-order valence-corrected chi connectivity index (χ2v) is 7.16. The molecule has 4 N–H and O–H groups in total. The summed E-state index contributed by atoms with van der Waals surface area (Å²) in [5.74, 6) is 0.0921. The van der Waals surface area contributed by atoms with Gasteiger partial charge in [-0.1, -0.05) is 56.3 Å². The number of carbonyl (C=O) groups is 2. The van der Waals surface area contributed by atoms with Crippen LogP contribution in [0.15, 0.2) is 54.6 Å². The van der Waals surface area contributed by atoms with Gasteiger partial charge in [-0.25, -0.2) is 0 Å². The van der Waals surface area contributed by atoms with Gasteiger partial charge in [0.2, 0.25) is 11.8 Å². The minimum atomic E-state index is -0.768. The van der Waals surface area contributed by atoms with Crippen LogP contribution in [0.5, 0.6) is 5.75 Å². The van der Waals surface area contributed by atoms with E-state index in [2.05, 4.69) is 10.6 Å². The molecule has 0 unspecified atom stereocenters. The first kappa shape index (κ1) is 18.9.